The monoisotopic (exact) mass is 399 g/mol. The number of aryl methyl sites for hydroxylation is 1. The van der Waals surface area contributed by atoms with E-state index in [0.717, 1.165) is 18.4 Å². The zero-order valence-electron chi connectivity index (χ0n) is 17.2. The Morgan fingerprint density at radius 2 is 1.97 bits per heavy atom. The summed E-state index contributed by atoms with van der Waals surface area (Å²) in [5, 5.41) is 13.8. The Hall–Kier alpha value is -2.67. The molecular formula is C22H29N3O4. The average Bonchev–Trinajstić information content (AvgIpc) is 3.07. The van der Waals surface area contributed by atoms with Gasteiger partial charge in [0, 0.05) is 25.9 Å². The molecule has 0 radical (unpaired) electrons. The van der Waals surface area contributed by atoms with Gasteiger partial charge in [-0.05, 0) is 38.2 Å². The lowest BCUT2D eigenvalue weighted by atomic mass is 9.74. The zero-order valence-corrected chi connectivity index (χ0v) is 17.2. The number of benzene rings is 1. The summed E-state index contributed by atoms with van der Waals surface area (Å²) in [4.78, 5) is 30.1. The van der Waals surface area contributed by atoms with Crippen LogP contribution in [0.25, 0.3) is 0 Å². The molecular weight excluding hydrogens is 370 g/mol. The SMILES string of the molecule is CC(=O)NC[C@]1(c2ccccc2)CC[C@@H](O)[C@H](N(C)C(=O)c2ncoc2C)CC1. The number of rotatable bonds is 5. The number of hydrogen-bond donors (Lipinski definition) is 2. The van der Waals surface area contributed by atoms with Crippen molar-refractivity contribution >= 4 is 11.8 Å². The molecule has 0 spiro atoms. The van der Waals surface area contributed by atoms with E-state index in [9.17, 15) is 14.7 Å². The van der Waals surface area contributed by atoms with Crippen LogP contribution < -0.4 is 5.32 Å². The van der Waals surface area contributed by atoms with Crippen LogP contribution in [0.15, 0.2) is 41.1 Å². The van der Waals surface area contributed by atoms with Gasteiger partial charge >= 0.3 is 0 Å². The molecule has 3 atom stereocenters. The van der Waals surface area contributed by atoms with E-state index >= 15 is 0 Å². The first-order valence-electron chi connectivity index (χ1n) is 9.99. The minimum atomic E-state index is -0.654. The Labute approximate surface area is 171 Å². The predicted molar refractivity (Wildman–Crippen MR) is 108 cm³/mol. The van der Waals surface area contributed by atoms with E-state index in [1.165, 1.54) is 13.3 Å². The summed E-state index contributed by atoms with van der Waals surface area (Å²) in [7, 11) is 1.70. The number of amides is 2. The number of oxazole rings is 1. The van der Waals surface area contributed by atoms with E-state index in [-0.39, 0.29) is 29.0 Å². The van der Waals surface area contributed by atoms with Crippen LogP contribution in [0.1, 0.15) is 54.4 Å². The molecule has 2 aromatic rings. The molecule has 7 heteroatoms. The second-order valence-corrected chi connectivity index (χ2v) is 7.94. The topological polar surface area (TPSA) is 95.7 Å². The maximum atomic E-state index is 12.9. The summed E-state index contributed by atoms with van der Waals surface area (Å²) in [6.07, 6.45) is 3.23. The molecule has 1 aliphatic carbocycles. The molecule has 1 fully saturated rings. The van der Waals surface area contributed by atoms with Gasteiger partial charge in [-0.15, -0.1) is 0 Å². The second-order valence-electron chi connectivity index (χ2n) is 7.94. The molecule has 1 aromatic heterocycles. The van der Waals surface area contributed by atoms with Crippen molar-refractivity contribution in [1.82, 2.24) is 15.2 Å². The number of hydrogen-bond acceptors (Lipinski definition) is 5. The maximum absolute atomic E-state index is 12.9. The molecule has 1 aliphatic rings. The van der Waals surface area contributed by atoms with Gasteiger partial charge in [0.1, 0.15) is 5.76 Å². The quantitative estimate of drug-likeness (QED) is 0.753. The molecule has 2 N–H and O–H groups in total. The smallest absolute Gasteiger partial charge is 0.276 e. The van der Waals surface area contributed by atoms with Crippen LogP contribution in [-0.4, -0.2) is 52.5 Å². The van der Waals surface area contributed by atoms with Gasteiger partial charge in [-0.2, -0.15) is 0 Å². The van der Waals surface area contributed by atoms with Gasteiger partial charge in [0.25, 0.3) is 5.91 Å². The van der Waals surface area contributed by atoms with Crippen molar-refractivity contribution in [2.24, 2.45) is 0 Å². The zero-order chi connectivity index (χ0) is 21.0. The summed E-state index contributed by atoms with van der Waals surface area (Å²) in [6.45, 7) is 3.72. The Kier molecular flexibility index (Phi) is 6.37. The van der Waals surface area contributed by atoms with Crippen LogP contribution in [0.4, 0.5) is 0 Å². The molecule has 0 saturated heterocycles. The molecule has 2 amide bonds. The molecule has 0 bridgehead atoms. The van der Waals surface area contributed by atoms with Crippen molar-refractivity contribution in [3.05, 3.63) is 53.7 Å². The first kappa shape index (κ1) is 21.0. The summed E-state index contributed by atoms with van der Waals surface area (Å²) >= 11 is 0. The third-order valence-corrected chi connectivity index (χ3v) is 6.11. The van der Waals surface area contributed by atoms with Gasteiger partial charge in [0.05, 0.1) is 12.1 Å². The van der Waals surface area contributed by atoms with E-state index in [1.807, 2.05) is 18.2 Å². The number of carbonyl (C=O) groups is 2. The van der Waals surface area contributed by atoms with E-state index in [4.69, 9.17) is 4.42 Å². The number of aliphatic hydroxyl groups is 1. The van der Waals surface area contributed by atoms with Gasteiger partial charge in [-0.3, -0.25) is 9.59 Å². The molecule has 1 aromatic carbocycles. The highest BCUT2D eigenvalue weighted by molar-refractivity contribution is 5.93. The van der Waals surface area contributed by atoms with E-state index < -0.39 is 6.10 Å². The van der Waals surface area contributed by atoms with E-state index in [0.29, 0.717) is 25.1 Å². The number of carbonyl (C=O) groups excluding carboxylic acids is 2. The summed E-state index contributed by atoms with van der Waals surface area (Å²) in [6, 6.07) is 9.77. The fourth-order valence-electron chi connectivity index (χ4n) is 4.29. The van der Waals surface area contributed by atoms with Crippen LogP contribution in [0.2, 0.25) is 0 Å². The van der Waals surface area contributed by atoms with Crippen molar-refractivity contribution < 1.29 is 19.1 Å². The summed E-state index contributed by atoms with van der Waals surface area (Å²) in [5.74, 6) is 0.138. The first-order valence-corrected chi connectivity index (χ1v) is 9.99. The molecule has 0 unspecified atom stereocenters. The summed E-state index contributed by atoms with van der Waals surface area (Å²) in [5.41, 5.74) is 1.13. The fourth-order valence-corrected chi connectivity index (χ4v) is 4.29. The number of likely N-dealkylation sites (N-methyl/N-ethyl adjacent to an activating group) is 1. The number of aromatic nitrogens is 1. The molecule has 3 rings (SSSR count). The Morgan fingerprint density at radius 1 is 1.28 bits per heavy atom. The molecule has 7 nitrogen and oxygen atoms in total. The van der Waals surface area contributed by atoms with Crippen molar-refractivity contribution in [1.29, 1.82) is 0 Å². The van der Waals surface area contributed by atoms with E-state index in [2.05, 4.69) is 22.4 Å². The van der Waals surface area contributed by atoms with Crippen molar-refractivity contribution in [3.8, 4) is 0 Å². The van der Waals surface area contributed by atoms with Gasteiger partial charge in [-0.1, -0.05) is 30.3 Å². The Morgan fingerprint density at radius 3 is 2.59 bits per heavy atom. The number of nitrogens with zero attached hydrogens (tertiary/aromatic N) is 2. The Bertz CT molecular complexity index is 851. The lowest BCUT2D eigenvalue weighted by Gasteiger charge is -2.34. The van der Waals surface area contributed by atoms with Crippen LogP contribution >= 0.6 is 0 Å². The third kappa shape index (κ3) is 4.50. The number of nitrogens with one attached hydrogen (secondary N) is 1. The Balaban J connectivity index is 1.84. The highest BCUT2D eigenvalue weighted by atomic mass is 16.3. The minimum absolute atomic E-state index is 0.0737. The number of aliphatic hydroxyl groups excluding tert-OH is 1. The first-order chi connectivity index (χ1) is 13.8. The lowest BCUT2D eigenvalue weighted by Crippen LogP contribution is -2.44. The van der Waals surface area contributed by atoms with Crippen molar-refractivity contribution in [2.75, 3.05) is 13.6 Å². The van der Waals surface area contributed by atoms with Crippen LogP contribution in [0.3, 0.4) is 0 Å². The normalized spacial score (nSPS) is 24.6. The lowest BCUT2D eigenvalue weighted by molar-refractivity contribution is -0.119. The maximum Gasteiger partial charge on any atom is 0.276 e. The van der Waals surface area contributed by atoms with Crippen LogP contribution in [0.5, 0.6) is 0 Å². The predicted octanol–water partition coefficient (Wildman–Crippen LogP) is 2.43. The molecule has 29 heavy (non-hydrogen) atoms. The molecule has 1 saturated carbocycles. The van der Waals surface area contributed by atoms with Gasteiger partial charge in [0.2, 0.25) is 5.91 Å². The highest BCUT2D eigenvalue weighted by Crippen LogP contribution is 2.39. The molecule has 0 aliphatic heterocycles. The summed E-state index contributed by atoms with van der Waals surface area (Å²) < 4.78 is 5.16. The highest BCUT2D eigenvalue weighted by Gasteiger charge is 2.40. The second kappa shape index (κ2) is 8.78. The van der Waals surface area contributed by atoms with Crippen molar-refractivity contribution in [3.63, 3.8) is 0 Å². The fraction of sp³-hybridized carbons (Fsp3) is 0.500. The average molecular weight is 399 g/mol. The van der Waals surface area contributed by atoms with Gasteiger partial charge in [-0.25, -0.2) is 4.98 Å². The standard InChI is InChI=1S/C22H29N3O4/c1-15-20(24-14-29-15)21(28)25(3)18-9-11-22(12-10-19(18)27,13-23-16(2)26)17-7-5-4-6-8-17/h4-8,14,18-19,27H,9-13H2,1-3H3,(H,23,26)/t18-,19-,22-/m1/s1. The minimum Gasteiger partial charge on any atom is -0.448 e. The van der Waals surface area contributed by atoms with E-state index in [1.54, 1.807) is 18.9 Å². The largest absolute Gasteiger partial charge is 0.448 e. The van der Waals surface area contributed by atoms with Crippen LogP contribution in [-0.2, 0) is 10.2 Å². The van der Waals surface area contributed by atoms with Crippen LogP contribution in [0, 0.1) is 6.92 Å². The van der Waals surface area contributed by atoms with Gasteiger partial charge in [0.15, 0.2) is 12.1 Å². The van der Waals surface area contributed by atoms with Gasteiger partial charge < -0.3 is 19.7 Å². The van der Waals surface area contributed by atoms with Crippen molar-refractivity contribution in [2.45, 2.75) is 57.1 Å². The third-order valence-electron chi connectivity index (χ3n) is 6.11. The molecule has 1 heterocycles. The molecule has 156 valence electrons.